The molecule has 0 aliphatic heterocycles. The van der Waals surface area contributed by atoms with Gasteiger partial charge in [-0.25, -0.2) is 17.5 Å². The van der Waals surface area contributed by atoms with E-state index in [-0.39, 0.29) is 5.82 Å². The van der Waals surface area contributed by atoms with Gasteiger partial charge in [-0.3, -0.25) is 4.98 Å². The fourth-order valence-electron chi connectivity index (χ4n) is 2.89. The molecule has 3 aromatic rings. The Morgan fingerprint density at radius 2 is 1.77 bits per heavy atom. The van der Waals surface area contributed by atoms with Crippen molar-refractivity contribution in [3.05, 3.63) is 66.4 Å². The van der Waals surface area contributed by atoms with E-state index in [0.717, 1.165) is 34.2 Å². The molecule has 136 valence electrons. The number of hydrogen-bond acceptors (Lipinski definition) is 3. The lowest BCUT2D eigenvalue weighted by molar-refractivity contribution is 0.585. The van der Waals surface area contributed by atoms with E-state index in [1.165, 1.54) is 12.1 Å². The zero-order valence-corrected chi connectivity index (χ0v) is 15.2. The first kappa shape index (κ1) is 18.3. The fourth-order valence-corrected chi connectivity index (χ4v) is 3.41. The second kappa shape index (κ2) is 7.80. The maximum atomic E-state index is 13.3. The first-order valence-electron chi connectivity index (χ1n) is 8.25. The highest BCUT2D eigenvalue weighted by atomic mass is 32.2. The van der Waals surface area contributed by atoms with Gasteiger partial charge in [0.15, 0.2) is 0 Å². The van der Waals surface area contributed by atoms with E-state index in [4.69, 9.17) is 0 Å². The summed E-state index contributed by atoms with van der Waals surface area (Å²) < 4.78 is 38.2. The van der Waals surface area contributed by atoms with Gasteiger partial charge in [0.05, 0.1) is 11.9 Å². The van der Waals surface area contributed by atoms with Gasteiger partial charge in [0.1, 0.15) is 5.82 Å². The number of sulfonamides is 1. The van der Waals surface area contributed by atoms with Crippen molar-refractivity contribution in [1.82, 2.24) is 14.7 Å². The van der Waals surface area contributed by atoms with Gasteiger partial charge in [-0.05, 0) is 65.9 Å². The number of halogens is 1. The molecule has 26 heavy (non-hydrogen) atoms. The summed E-state index contributed by atoms with van der Waals surface area (Å²) in [5.74, 6) is -0.280. The van der Waals surface area contributed by atoms with Crippen molar-refractivity contribution in [3.8, 4) is 22.4 Å². The lowest BCUT2D eigenvalue weighted by Gasteiger charge is -2.09. The maximum absolute atomic E-state index is 13.3. The zero-order chi connectivity index (χ0) is 18.6. The first-order chi connectivity index (χ1) is 12.4. The molecule has 2 N–H and O–H groups in total. The summed E-state index contributed by atoms with van der Waals surface area (Å²) in [5.41, 5.74) is 4.90. The minimum absolute atomic E-state index is 0.280. The van der Waals surface area contributed by atoms with Crippen LogP contribution in [-0.2, 0) is 16.4 Å². The Bertz CT molecular complexity index is 968. The first-order valence-corrected chi connectivity index (χ1v) is 10.1. The maximum Gasteiger partial charge on any atom is 0.208 e. The second-order valence-corrected chi connectivity index (χ2v) is 7.91. The number of nitrogens with zero attached hydrogens (tertiary/aromatic N) is 1. The van der Waals surface area contributed by atoms with Crippen LogP contribution in [0.3, 0.4) is 0 Å². The minimum atomic E-state index is -3.18. The highest BCUT2D eigenvalue weighted by molar-refractivity contribution is 7.88. The van der Waals surface area contributed by atoms with Crippen LogP contribution in [0.1, 0.15) is 12.0 Å². The van der Waals surface area contributed by atoms with Crippen LogP contribution in [0.4, 0.5) is 4.39 Å². The number of aryl methyl sites for hydroxylation is 1. The molecule has 5 nitrogen and oxygen atoms in total. The second-order valence-electron chi connectivity index (χ2n) is 6.08. The quantitative estimate of drug-likeness (QED) is 0.624. The Labute approximate surface area is 152 Å². The molecule has 0 saturated heterocycles. The molecule has 7 heteroatoms. The van der Waals surface area contributed by atoms with Crippen LogP contribution in [0.5, 0.6) is 0 Å². The molecule has 2 aromatic heterocycles. The summed E-state index contributed by atoms with van der Waals surface area (Å²) in [6.45, 7) is 0.381. The number of nitrogens with one attached hydrogen (secondary N) is 2. The largest absolute Gasteiger partial charge is 0.360 e. The summed E-state index contributed by atoms with van der Waals surface area (Å²) >= 11 is 0. The van der Waals surface area contributed by atoms with Crippen LogP contribution in [0.15, 0.2) is 55.0 Å². The summed E-state index contributed by atoms with van der Waals surface area (Å²) in [5, 5.41) is 0. The van der Waals surface area contributed by atoms with Gasteiger partial charge in [0.25, 0.3) is 0 Å². The number of rotatable bonds is 7. The number of hydrogen-bond donors (Lipinski definition) is 2. The molecule has 0 unspecified atom stereocenters. The number of H-pyrrole nitrogens is 1. The van der Waals surface area contributed by atoms with E-state index in [1.807, 2.05) is 18.3 Å². The summed E-state index contributed by atoms with van der Waals surface area (Å²) in [6.07, 6.45) is 7.91. The van der Waals surface area contributed by atoms with E-state index in [2.05, 4.69) is 14.7 Å². The highest BCUT2D eigenvalue weighted by Gasteiger charge is 2.15. The van der Waals surface area contributed by atoms with Gasteiger partial charge in [0, 0.05) is 30.7 Å². The number of aromatic nitrogens is 2. The molecule has 0 atom stereocenters. The Balaban J connectivity index is 1.91. The van der Waals surface area contributed by atoms with Crippen LogP contribution in [0, 0.1) is 5.82 Å². The molecule has 0 bridgehead atoms. The van der Waals surface area contributed by atoms with E-state index in [0.29, 0.717) is 19.4 Å². The molecular weight excluding hydrogens is 353 g/mol. The SMILES string of the molecule is CS(=O)(=O)NCCCc1c[nH]c(-c2ccc(F)cc2)c1-c1ccncc1. The molecule has 0 aliphatic carbocycles. The van der Waals surface area contributed by atoms with Gasteiger partial charge >= 0.3 is 0 Å². The lowest BCUT2D eigenvalue weighted by Crippen LogP contribution is -2.23. The average molecular weight is 373 g/mol. The van der Waals surface area contributed by atoms with Gasteiger partial charge in [-0.1, -0.05) is 0 Å². The Hall–Kier alpha value is -2.51. The monoisotopic (exact) mass is 373 g/mol. The third-order valence-corrected chi connectivity index (χ3v) is 4.78. The summed E-state index contributed by atoms with van der Waals surface area (Å²) in [7, 11) is -3.18. The minimum Gasteiger partial charge on any atom is -0.360 e. The smallest absolute Gasteiger partial charge is 0.208 e. The van der Waals surface area contributed by atoms with Crippen molar-refractivity contribution >= 4 is 10.0 Å². The van der Waals surface area contributed by atoms with Crippen molar-refractivity contribution in [3.63, 3.8) is 0 Å². The van der Waals surface area contributed by atoms with Crippen LogP contribution in [0.25, 0.3) is 22.4 Å². The van der Waals surface area contributed by atoms with Crippen LogP contribution in [0.2, 0.25) is 0 Å². The van der Waals surface area contributed by atoms with E-state index < -0.39 is 10.0 Å². The van der Waals surface area contributed by atoms with Crippen LogP contribution in [-0.4, -0.2) is 31.2 Å². The third kappa shape index (κ3) is 4.56. The number of pyridine rings is 1. The van der Waals surface area contributed by atoms with Gasteiger partial charge < -0.3 is 4.98 Å². The van der Waals surface area contributed by atoms with E-state index >= 15 is 0 Å². The molecular formula is C19H20FN3O2S. The molecule has 0 fully saturated rings. The van der Waals surface area contributed by atoms with Crippen molar-refractivity contribution < 1.29 is 12.8 Å². The van der Waals surface area contributed by atoms with E-state index in [1.54, 1.807) is 24.5 Å². The van der Waals surface area contributed by atoms with Crippen molar-refractivity contribution in [1.29, 1.82) is 0 Å². The Morgan fingerprint density at radius 3 is 2.42 bits per heavy atom. The number of benzene rings is 1. The zero-order valence-electron chi connectivity index (χ0n) is 14.4. The summed E-state index contributed by atoms with van der Waals surface area (Å²) in [4.78, 5) is 7.35. The molecule has 3 rings (SSSR count). The molecule has 0 saturated carbocycles. The number of aromatic amines is 1. The van der Waals surface area contributed by atoms with E-state index in [9.17, 15) is 12.8 Å². The lowest BCUT2D eigenvalue weighted by atomic mass is 9.96. The molecule has 2 heterocycles. The highest BCUT2D eigenvalue weighted by Crippen LogP contribution is 2.35. The van der Waals surface area contributed by atoms with Crippen LogP contribution >= 0.6 is 0 Å². The molecule has 0 spiro atoms. The van der Waals surface area contributed by atoms with Gasteiger partial charge in [-0.2, -0.15) is 0 Å². The Morgan fingerprint density at radius 1 is 1.08 bits per heavy atom. The molecule has 0 radical (unpaired) electrons. The predicted molar refractivity (Wildman–Crippen MR) is 101 cm³/mol. The van der Waals surface area contributed by atoms with Crippen molar-refractivity contribution in [2.75, 3.05) is 12.8 Å². The summed E-state index contributed by atoms with van der Waals surface area (Å²) in [6, 6.07) is 10.2. The predicted octanol–water partition coefficient (Wildman–Crippen LogP) is 3.36. The molecule has 0 aliphatic rings. The van der Waals surface area contributed by atoms with Crippen molar-refractivity contribution in [2.45, 2.75) is 12.8 Å². The molecule has 0 amide bonds. The topological polar surface area (TPSA) is 74.8 Å². The normalized spacial score (nSPS) is 11.6. The molecule has 1 aromatic carbocycles. The van der Waals surface area contributed by atoms with Gasteiger partial charge in [0.2, 0.25) is 10.0 Å². The third-order valence-electron chi connectivity index (χ3n) is 4.05. The Kier molecular flexibility index (Phi) is 5.49. The van der Waals surface area contributed by atoms with Crippen LogP contribution < -0.4 is 4.72 Å². The van der Waals surface area contributed by atoms with Gasteiger partial charge in [-0.15, -0.1) is 0 Å². The standard InChI is InChI=1S/C19H20FN3O2S/c1-26(24,25)23-10-2-3-16-13-22-19(15-4-6-17(20)7-5-15)18(16)14-8-11-21-12-9-14/h4-9,11-13,22-23H,2-3,10H2,1H3. The average Bonchev–Trinajstić information content (AvgIpc) is 3.03. The van der Waals surface area contributed by atoms with Crippen molar-refractivity contribution in [2.24, 2.45) is 0 Å². The fraction of sp³-hybridized carbons (Fsp3) is 0.211.